The molecule has 0 aliphatic heterocycles. The Kier molecular flexibility index (Phi) is 2.42. The molecule has 0 amide bonds. The summed E-state index contributed by atoms with van der Waals surface area (Å²) in [5.74, 6) is 0. The van der Waals surface area contributed by atoms with Crippen molar-refractivity contribution in [3.05, 3.63) is 41.5 Å². The molecule has 2 atom stereocenters. The second kappa shape index (κ2) is 3.56. The minimum Gasteiger partial charge on any atom is -0.387 e. The molecule has 0 saturated heterocycles. The van der Waals surface area contributed by atoms with Crippen LogP contribution < -0.4 is 0 Å². The van der Waals surface area contributed by atoms with E-state index in [0.29, 0.717) is 0 Å². The lowest BCUT2D eigenvalue weighted by molar-refractivity contribution is 0.185. The zero-order valence-corrected chi connectivity index (χ0v) is 8.29. The fourth-order valence-electron chi connectivity index (χ4n) is 1.62. The Labute approximate surface area is 82.5 Å². The predicted molar refractivity (Wildman–Crippen MR) is 57.7 cm³/mol. The molecule has 0 saturated carbocycles. The predicted octanol–water partition coefficient (Wildman–Crippen LogP) is 2.48. The number of benzene rings is 1. The fourth-order valence-corrected chi connectivity index (χ4v) is 2.26. The zero-order chi connectivity index (χ0) is 9.26. The minimum absolute atomic E-state index is 0.204. The third-order valence-electron chi connectivity index (χ3n) is 2.36. The number of rotatable bonds is 1. The molecule has 0 radical (unpaired) electrons. The average Bonchev–Trinajstić information content (AvgIpc) is 2.19. The van der Waals surface area contributed by atoms with Gasteiger partial charge in [-0.25, -0.2) is 0 Å². The van der Waals surface area contributed by atoms with Gasteiger partial charge in [0, 0.05) is 0 Å². The molecule has 68 valence electrons. The molecule has 2 rings (SSSR count). The minimum atomic E-state index is -0.351. The number of aliphatic hydroxyl groups excluding tert-OH is 1. The Hall–Kier alpha value is -0.730. The van der Waals surface area contributed by atoms with E-state index in [0.717, 1.165) is 11.1 Å². The van der Waals surface area contributed by atoms with Gasteiger partial charge in [0.05, 0.1) is 11.4 Å². The van der Waals surface area contributed by atoms with Crippen molar-refractivity contribution in [1.29, 1.82) is 0 Å². The van der Waals surface area contributed by atoms with Crippen molar-refractivity contribution in [3.8, 4) is 0 Å². The number of fused-ring (bicyclic) bond motifs is 1. The highest BCUT2D eigenvalue weighted by Gasteiger charge is 2.22. The summed E-state index contributed by atoms with van der Waals surface area (Å²) in [6, 6.07) is 7.99. The Morgan fingerprint density at radius 3 is 2.85 bits per heavy atom. The second-order valence-corrected chi connectivity index (χ2v) is 4.15. The summed E-state index contributed by atoms with van der Waals surface area (Å²) in [7, 11) is 0. The van der Waals surface area contributed by atoms with Crippen molar-refractivity contribution in [2.75, 3.05) is 6.26 Å². The SMILES string of the molecule is CS[C@H]1C=Cc2ccccc2[C@@H]1O. The van der Waals surface area contributed by atoms with Crippen LogP contribution in [0.2, 0.25) is 0 Å². The Balaban J connectivity index is 2.42. The van der Waals surface area contributed by atoms with Gasteiger partial charge in [0.1, 0.15) is 0 Å². The highest BCUT2D eigenvalue weighted by Crippen LogP contribution is 2.33. The lowest BCUT2D eigenvalue weighted by atomic mass is 9.95. The van der Waals surface area contributed by atoms with Gasteiger partial charge in [0.25, 0.3) is 0 Å². The Bertz CT molecular complexity index is 333. The molecule has 0 heterocycles. The number of aliphatic hydroxyl groups is 1. The monoisotopic (exact) mass is 192 g/mol. The third kappa shape index (κ3) is 1.52. The summed E-state index contributed by atoms with van der Waals surface area (Å²) in [4.78, 5) is 0. The van der Waals surface area contributed by atoms with E-state index >= 15 is 0 Å². The molecule has 2 heteroatoms. The van der Waals surface area contributed by atoms with E-state index in [1.54, 1.807) is 11.8 Å². The first-order chi connectivity index (χ1) is 6.33. The number of hydrogen-bond acceptors (Lipinski definition) is 2. The van der Waals surface area contributed by atoms with Crippen LogP contribution in [0.15, 0.2) is 30.3 Å². The molecule has 0 aromatic heterocycles. The summed E-state index contributed by atoms with van der Waals surface area (Å²) >= 11 is 1.68. The summed E-state index contributed by atoms with van der Waals surface area (Å²) in [6.07, 6.45) is 5.82. The van der Waals surface area contributed by atoms with Crippen LogP contribution in [0.3, 0.4) is 0 Å². The molecule has 0 spiro atoms. The molecule has 1 aromatic rings. The van der Waals surface area contributed by atoms with Gasteiger partial charge in [0.2, 0.25) is 0 Å². The lowest BCUT2D eigenvalue weighted by Gasteiger charge is -2.23. The van der Waals surface area contributed by atoms with Gasteiger partial charge in [-0.1, -0.05) is 36.4 Å². The first kappa shape index (κ1) is 8.85. The van der Waals surface area contributed by atoms with Gasteiger partial charge >= 0.3 is 0 Å². The molecule has 1 N–H and O–H groups in total. The smallest absolute Gasteiger partial charge is 0.0949 e. The molecule has 13 heavy (non-hydrogen) atoms. The maximum atomic E-state index is 9.95. The lowest BCUT2D eigenvalue weighted by Crippen LogP contribution is -2.16. The molecule has 0 bridgehead atoms. The van der Waals surface area contributed by atoms with Crippen LogP contribution in [0.4, 0.5) is 0 Å². The Morgan fingerprint density at radius 1 is 1.31 bits per heavy atom. The van der Waals surface area contributed by atoms with Crippen LogP contribution in [0.5, 0.6) is 0 Å². The molecule has 0 unspecified atom stereocenters. The second-order valence-electron chi connectivity index (χ2n) is 3.13. The van der Waals surface area contributed by atoms with Crippen LogP contribution in [-0.4, -0.2) is 16.6 Å². The molecule has 1 aliphatic carbocycles. The van der Waals surface area contributed by atoms with Crippen LogP contribution >= 0.6 is 11.8 Å². The van der Waals surface area contributed by atoms with E-state index in [-0.39, 0.29) is 11.4 Å². The third-order valence-corrected chi connectivity index (χ3v) is 3.32. The highest BCUT2D eigenvalue weighted by molar-refractivity contribution is 7.99. The maximum absolute atomic E-state index is 9.95. The van der Waals surface area contributed by atoms with Crippen LogP contribution in [-0.2, 0) is 0 Å². The summed E-state index contributed by atoms with van der Waals surface area (Å²) in [5, 5.41) is 10.2. The molecule has 1 aliphatic rings. The van der Waals surface area contributed by atoms with E-state index < -0.39 is 0 Å². The summed E-state index contributed by atoms with van der Waals surface area (Å²) in [6.45, 7) is 0. The molecule has 1 nitrogen and oxygen atoms in total. The van der Waals surface area contributed by atoms with Gasteiger partial charge in [-0.15, -0.1) is 0 Å². The van der Waals surface area contributed by atoms with E-state index in [2.05, 4.69) is 12.2 Å². The number of hydrogen-bond donors (Lipinski definition) is 1. The summed E-state index contributed by atoms with van der Waals surface area (Å²) < 4.78 is 0. The van der Waals surface area contributed by atoms with Gasteiger partial charge in [0.15, 0.2) is 0 Å². The first-order valence-electron chi connectivity index (χ1n) is 4.31. The average molecular weight is 192 g/mol. The number of thioether (sulfide) groups is 1. The molecule has 0 fully saturated rings. The molecular formula is C11H12OS. The standard InChI is InChI=1S/C11H12OS/c1-13-10-7-6-8-4-2-3-5-9(8)11(10)12/h2-7,10-12H,1H3/t10-,11-/m0/s1. The summed E-state index contributed by atoms with van der Waals surface area (Å²) in [5.41, 5.74) is 2.18. The van der Waals surface area contributed by atoms with Gasteiger partial charge in [-0.05, 0) is 17.4 Å². The largest absolute Gasteiger partial charge is 0.387 e. The Morgan fingerprint density at radius 2 is 2.08 bits per heavy atom. The quantitative estimate of drug-likeness (QED) is 0.737. The van der Waals surface area contributed by atoms with Crippen molar-refractivity contribution in [3.63, 3.8) is 0 Å². The van der Waals surface area contributed by atoms with E-state index in [1.165, 1.54) is 0 Å². The van der Waals surface area contributed by atoms with E-state index in [4.69, 9.17) is 0 Å². The normalized spacial score (nSPS) is 25.7. The topological polar surface area (TPSA) is 20.2 Å². The van der Waals surface area contributed by atoms with Crippen LogP contribution in [0.1, 0.15) is 17.2 Å². The fraction of sp³-hybridized carbons (Fsp3) is 0.273. The maximum Gasteiger partial charge on any atom is 0.0949 e. The van der Waals surface area contributed by atoms with Crippen molar-refractivity contribution in [2.24, 2.45) is 0 Å². The molecule has 1 aromatic carbocycles. The molecular weight excluding hydrogens is 180 g/mol. The van der Waals surface area contributed by atoms with Crippen molar-refractivity contribution in [1.82, 2.24) is 0 Å². The van der Waals surface area contributed by atoms with Gasteiger partial charge < -0.3 is 5.11 Å². The first-order valence-corrected chi connectivity index (χ1v) is 5.59. The van der Waals surface area contributed by atoms with Gasteiger partial charge in [-0.2, -0.15) is 11.8 Å². The van der Waals surface area contributed by atoms with E-state index in [9.17, 15) is 5.11 Å². The van der Waals surface area contributed by atoms with Gasteiger partial charge in [-0.3, -0.25) is 0 Å². The zero-order valence-electron chi connectivity index (χ0n) is 7.47. The van der Waals surface area contributed by atoms with Crippen molar-refractivity contribution >= 4 is 17.8 Å². The van der Waals surface area contributed by atoms with Crippen LogP contribution in [0, 0.1) is 0 Å². The highest BCUT2D eigenvalue weighted by atomic mass is 32.2. The van der Waals surface area contributed by atoms with E-state index in [1.807, 2.05) is 30.5 Å². The van der Waals surface area contributed by atoms with Crippen molar-refractivity contribution in [2.45, 2.75) is 11.4 Å². The van der Waals surface area contributed by atoms with Crippen molar-refractivity contribution < 1.29 is 5.11 Å². The van der Waals surface area contributed by atoms with Crippen LogP contribution in [0.25, 0.3) is 6.08 Å².